The Hall–Kier alpha value is -1.95. The van der Waals surface area contributed by atoms with E-state index in [2.05, 4.69) is 15.5 Å². The molecule has 1 amide bonds. The number of nitrogens with one attached hydrogen (secondary N) is 1. The number of carbonyl (C=O) groups excluding carboxylic acids is 1. The average molecular weight is 249 g/mol. The van der Waals surface area contributed by atoms with E-state index in [9.17, 15) is 4.79 Å². The molecular weight excluding hydrogens is 238 g/mol. The van der Waals surface area contributed by atoms with Crippen molar-refractivity contribution in [2.75, 3.05) is 0 Å². The summed E-state index contributed by atoms with van der Waals surface area (Å²) < 4.78 is 5.13. The number of nitrogens with zero attached hydrogens (tertiary/aromatic N) is 2. The van der Waals surface area contributed by atoms with Gasteiger partial charge in [-0.2, -0.15) is 0 Å². The maximum atomic E-state index is 11.4. The van der Waals surface area contributed by atoms with Crippen molar-refractivity contribution < 1.29 is 9.21 Å². The first-order chi connectivity index (χ1) is 8.24. The smallest absolute Gasteiger partial charge is 0.244 e. The van der Waals surface area contributed by atoms with E-state index >= 15 is 0 Å². The largest absolute Gasteiger partial charge is 0.424 e. The van der Waals surface area contributed by atoms with Crippen LogP contribution in [-0.2, 0) is 11.3 Å². The van der Waals surface area contributed by atoms with Crippen molar-refractivity contribution >= 4 is 23.3 Å². The van der Waals surface area contributed by atoms with Gasteiger partial charge in [-0.25, -0.2) is 0 Å². The van der Waals surface area contributed by atoms with Gasteiger partial charge in [0, 0.05) is 17.9 Å². The zero-order valence-corrected chi connectivity index (χ0v) is 10.0. The van der Waals surface area contributed by atoms with Crippen molar-refractivity contribution in [3.63, 3.8) is 0 Å². The molecule has 0 aliphatic carbocycles. The van der Waals surface area contributed by atoms with Gasteiger partial charge in [0.25, 0.3) is 0 Å². The Kier molecular flexibility index (Phi) is 3.66. The Morgan fingerprint density at radius 2 is 2.47 bits per heavy atom. The van der Waals surface area contributed by atoms with E-state index in [0.717, 1.165) is 4.88 Å². The second-order valence-electron chi connectivity index (χ2n) is 3.28. The van der Waals surface area contributed by atoms with Crippen LogP contribution in [0.3, 0.4) is 0 Å². The monoisotopic (exact) mass is 249 g/mol. The van der Waals surface area contributed by atoms with Crippen LogP contribution in [0.2, 0.25) is 0 Å². The molecule has 2 aromatic heterocycles. The van der Waals surface area contributed by atoms with Crippen molar-refractivity contribution in [1.82, 2.24) is 15.5 Å². The highest BCUT2D eigenvalue weighted by Gasteiger charge is 2.02. The molecule has 2 rings (SSSR count). The quantitative estimate of drug-likeness (QED) is 0.838. The van der Waals surface area contributed by atoms with E-state index < -0.39 is 0 Å². The van der Waals surface area contributed by atoms with Crippen LogP contribution in [0.5, 0.6) is 0 Å². The molecule has 0 aromatic carbocycles. The van der Waals surface area contributed by atoms with Crippen molar-refractivity contribution in [3.8, 4) is 0 Å². The van der Waals surface area contributed by atoms with Gasteiger partial charge in [0.1, 0.15) is 0 Å². The third kappa shape index (κ3) is 3.53. The fourth-order valence-corrected chi connectivity index (χ4v) is 1.79. The lowest BCUT2D eigenvalue weighted by molar-refractivity contribution is -0.116. The number of hydrogen-bond donors (Lipinski definition) is 1. The van der Waals surface area contributed by atoms with Crippen molar-refractivity contribution in [1.29, 1.82) is 0 Å². The average Bonchev–Trinajstić information content (AvgIpc) is 2.95. The zero-order valence-electron chi connectivity index (χ0n) is 9.21. The Balaban J connectivity index is 1.82. The predicted octanol–water partition coefficient (Wildman–Crippen LogP) is 1.77. The molecule has 0 saturated carbocycles. The summed E-state index contributed by atoms with van der Waals surface area (Å²) in [6.07, 6.45) is 3.24. The maximum Gasteiger partial charge on any atom is 0.244 e. The molecule has 0 aliphatic rings. The Labute approximate surface area is 102 Å². The summed E-state index contributed by atoms with van der Waals surface area (Å²) in [5.74, 6) is 0.706. The predicted molar refractivity (Wildman–Crippen MR) is 64.2 cm³/mol. The highest BCUT2D eigenvalue weighted by atomic mass is 32.1. The van der Waals surface area contributed by atoms with E-state index in [0.29, 0.717) is 11.8 Å². The zero-order chi connectivity index (χ0) is 12.1. The molecule has 6 heteroatoms. The Morgan fingerprint density at radius 1 is 1.59 bits per heavy atom. The molecule has 0 saturated heterocycles. The number of aryl methyl sites for hydroxylation is 1. The van der Waals surface area contributed by atoms with Gasteiger partial charge < -0.3 is 9.73 Å². The van der Waals surface area contributed by atoms with Crippen molar-refractivity contribution in [2.45, 2.75) is 13.5 Å². The maximum absolute atomic E-state index is 11.4. The lowest BCUT2D eigenvalue weighted by atomic mass is 10.4. The number of rotatable bonds is 4. The SMILES string of the molecule is Cc1nnc(CNC(=O)/C=C/c2cccs2)o1. The van der Waals surface area contributed by atoms with Crippen LogP contribution in [0.25, 0.3) is 6.08 Å². The lowest BCUT2D eigenvalue weighted by Gasteiger charge is -1.96. The van der Waals surface area contributed by atoms with Crippen LogP contribution in [0.15, 0.2) is 28.0 Å². The first-order valence-corrected chi connectivity index (χ1v) is 5.90. The van der Waals surface area contributed by atoms with Crippen LogP contribution in [-0.4, -0.2) is 16.1 Å². The minimum Gasteiger partial charge on any atom is -0.424 e. The molecule has 2 aromatic rings. The number of carbonyl (C=O) groups is 1. The van der Waals surface area contributed by atoms with Crippen LogP contribution in [0.1, 0.15) is 16.7 Å². The molecular formula is C11H11N3O2S. The van der Waals surface area contributed by atoms with E-state index in [1.54, 1.807) is 24.3 Å². The summed E-state index contributed by atoms with van der Waals surface area (Å²) in [6, 6.07) is 3.87. The Bertz CT molecular complexity index is 517. The van der Waals surface area contributed by atoms with E-state index in [1.165, 1.54) is 6.08 Å². The first kappa shape index (κ1) is 11.5. The summed E-state index contributed by atoms with van der Waals surface area (Å²) >= 11 is 1.58. The van der Waals surface area contributed by atoms with Gasteiger partial charge in [0.05, 0.1) is 6.54 Å². The fraction of sp³-hybridized carbons (Fsp3) is 0.182. The van der Waals surface area contributed by atoms with Gasteiger partial charge in [0.15, 0.2) is 0 Å². The summed E-state index contributed by atoms with van der Waals surface area (Å²) in [5.41, 5.74) is 0. The summed E-state index contributed by atoms with van der Waals surface area (Å²) in [4.78, 5) is 12.5. The second-order valence-corrected chi connectivity index (χ2v) is 4.26. The molecule has 5 nitrogen and oxygen atoms in total. The molecule has 0 spiro atoms. The van der Waals surface area contributed by atoms with Gasteiger partial charge in [-0.3, -0.25) is 4.79 Å². The Morgan fingerprint density at radius 3 is 3.12 bits per heavy atom. The van der Waals surface area contributed by atoms with Gasteiger partial charge in [-0.05, 0) is 17.5 Å². The molecule has 0 bridgehead atoms. The van der Waals surface area contributed by atoms with Gasteiger partial charge in [0.2, 0.25) is 17.7 Å². The molecule has 0 radical (unpaired) electrons. The number of aromatic nitrogens is 2. The van der Waals surface area contributed by atoms with Crippen LogP contribution < -0.4 is 5.32 Å². The minimum atomic E-state index is -0.186. The molecule has 0 atom stereocenters. The molecule has 88 valence electrons. The van der Waals surface area contributed by atoms with E-state index in [1.807, 2.05) is 17.5 Å². The molecule has 0 aliphatic heterocycles. The highest BCUT2D eigenvalue weighted by Crippen LogP contribution is 2.09. The van der Waals surface area contributed by atoms with Gasteiger partial charge in [-0.1, -0.05) is 6.07 Å². The van der Waals surface area contributed by atoms with Gasteiger partial charge >= 0.3 is 0 Å². The normalized spacial score (nSPS) is 10.9. The third-order valence-electron chi connectivity index (χ3n) is 1.92. The van der Waals surface area contributed by atoms with Crippen molar-refractivity contribution in [3.05, 3.63) is 40.2 Å². The van der Waals surface area contributed by atoms with Gasteiger partial charge in [-0.15, -0.1) is 21.5 Å². The van der Waals surface area contributed by atoms with Crippen LogP contribution in [0, 0.1) is 6.92 Å². The molecule has 2 heterocycles. The summed E-state index contributed by atoms with van der Waals surface area (Å²) in [7, 11) is 0. The number of amides is 1. The molecule has 0 fully saturated rings. The number of thiophene rings is 1. The molecule has 0 unspecified atom stereocenters. The van der Waals surface area contributed by atoms with E-state index in [4.69, 9.17) is 4.42 Å². The first-order valence-electron chi connectivity index (χ1n) is 5.02. The van der Waals surface area contributed by atoms with Crippen LogP contribution >= 0.6 is 11.3 Å². The van der Waals surface area contributed by atoms with Crippen LogP contribution in [0.4, 0.5) is 0 Å². The second kappa shape index (κ2) is 5.40. The molecule has 1 N–H and O–H groups in total. The highest BCUT2D eigenvalue weighted by molar-refractivity contribution is 7.10. The lowest BCUT2D eigenvalue weighted by Crippen LogP contribution is -2.20. The molecule has 17 heavy (non-hydrogen) atoms. The summed E-state index contributed by atoms with van der Waals surface area (Å²) in [6.45, 7) is 1.95. The fourth-order valence-electron chi connectivity index (χ4n) is 1.17. The summed E-state index contributed by atoms with van der Waals surface area (Å²) in [5, 5.41) is 12.1. The van der Waals surface area contributed by atoms with Crippen molar-refractivity contribution in [2.24, 2.45) is 0 Å². The topological polar surface area (TPSA) is 68.0 Å². The minimum absolute atomic E-state index is 0.186. The standard InChI is InChI=1S/C11H11N3O2S/c1-8-13-14-11(16-8)7-12-10(15)5-4-9-3-2-6-17-9/h2-6H,7H2,1H3,(H,12,15)/b5-4+. The third-order valence-corrected chi connectivity index (χ3v) is 2.76. The van der Waals surface area contributed by atoms with E-state index in [-0.39, 0.29) is 12.5 Å². The number of hydrogen-bond acceptors (Lipinski definition) is 5.